The quantitative estimate of drug-likeness (QED) is 0.480. The Morgan fingerprint density at radius 1 is 1.06 bits per heavy atom. The topological polar surface area (TPSA) is 84.9 Å². The van der Waals surface area contributed by atoms with Gasteiger partial charge in [-0.3, -0.25) is 9.10 Å². The summed E-state index contributed by atoms with van der Waals surface area (Å²) in [6, 6.07) is 14.6. The number of amides is 1. The first-order chi connectivity index (χ1) is 17.0. The molecular formula is C27H29ClN2O5S. The van der Waals surface area contributed by atoms with Crippen LogP contribution in [0.2, 0.25) is 5.02 Å². The average molecular weight is 529 g/mol. The number of sulfonamides is 1. The number of hydrogen-bond donors (Lipinski definition) is 1. The Morgan fingerprint density at radius 2 is 1.72 bits per heavy atom. The van der Waals surface area contributed by atoms with Gasteiger partial charge in [-0.1, -0.05) is 23.7 Å². The van der Waals surface area contributed by atoms with Crippen LogP contribution in [0.3, 0.4) is 0 Å². The average Bonchev–Trinajstić information content (AvgIpc) is 2.85. The van der Waals surface area contributed by atoms with Crippen LogP contribution in [0.1, 0.15) is 35.2 Å². The first kappa shape index (κ1) is 25.9. The number of nitrogens with one attached hydrogen (secondary N) is 1. The third kappa shape index (κ3) is 5.01. The molecule has 1 aliphatic rings. The molecule has 7 nitrogen and oxygen atoms in total. The number of carbonyl (C=O) groups is 1. The van der Waals surface area contributed by atoms with Gasteiger partial charge in [0.25, 0.3) is 15.9 Å². The van der Waals surface area contributed by atoms with E-state index in [-0.39, 0.29) is 28.9 Å². The smallest absolute Gasteiger partial charge is 0.264 e. The normalized spacial score (nSPS) is 16.1. The number of rotatable bonds is 6. The summed E-state index contributed by atoms with van der Waals surface area (Å²) < 4.78 is 39.6. The van der Waals surface area contributed by atoms with Gasteiger partial charge in [-0.25, -0.2) is 8.42 Å². The van der Waals surface area contributed by atoms with Gasteiger partial charge in [0.1, 0.15) is 11.5 Å². The Bertz CT molecular complexity index is 1410. The van der Waals surface area contributed by atoms with Crippen LogP contribution in [-0.2, 0) is 14.8 Å². The fourth-order valence-corrected chi connectivity index (χ4v) is 5.93. The number of halogens is 1. The van der Waals surface area contributed by atoms with E-state index in [0.29, 0.717) is 10.8 Å². The highest BCUT2D eigenvalue weighted by Gasteiger charge is 2.38. The van der Waals surface area contributed by atoms with Crippen LogP contribution in [0.4, 0.5) is 5.69 Å². The van der Waals surface area contributed by atoms with Gasteiger partial charge in [0, 0.05) is 5.02 Å². The Balaban J connectivity index is 1.64. The molecule has 36 heavy (non-hydrogen) atoms. The lowest BCUT2D eigenvalue weighted by Crippen LogP contribution is -2.51. The number of methoxy groups -OCH3 is 1. The third-order valence-electron chi connectivity index (χ3n) is 6.44. The molecule has 0 radical (unpaired) electrons. The van der Waals surface area contributed by atoms with Crippen molar-refractivity contribution in [1.29, 1.82) is 0 Å². The monoisotopic (exact) mass is 528 g/mol. The Kier molecular flexibility index (Phi) is 7.20. The summed E-state index contributed by atoms with van der Waals surface area (Å²) in [5.74, 6) is 0.390. The second kappa shape index (κ2) is 10.0. The van der Waals surface area contributed by atoms with E-state index in [1.54, 1.807) is 24.3 Å². The highest BCUT2D eigenvalue weighted by molar-refractivity contribution is 7.92. The minimum absolute atomic E-state index is 0.0643. The fraction of sp³-hybridized carbons (Fsp3) is 0.296. The van der Waals surface area contributed by atoms with E-state index >= 15 is 0 Å². The maximum atomic E-state index is 13.6. The van der Waals surface area contributed by atoms with Gasteiger partial charge in [-0.15, -0.1) is 0 Å². The molecular weight excluding hydrogens is 500 g/mol. The van der Waals surface area contributed by atoms with Crippen molar-refractivity contribution >= 4 is 33.2 Å². The molecule has 190 valence electrons. The van der Waals surface area contributed by atoms with Crippen LogP contribution < -0.4 is 19.1 Å². The summed E-state index contributed by atoms with van der Waals surface area (Å²) in [5, 5.41) is 3.35. The molecule has 1 N–H and O–H groups in total. The van der Waals surface area contributed by atoms with Gasteiger partial charge in [0.05, 0.1) is 30.3 Å². The number of fused-ring (bicyclic) bond motifs is 1. The van der Waals surface area contributed by atoms with Crippen LogP contribution in [-0.4, -0.2) is 34.1 Å². The van der Waals surface area contributed by atoms with Crippen LogP contribution >= 0.6 is 11.6 Å². The van der Waals surface area contributed by atoms with Gasteiger partial charge >= 0.3 is 0 Å². The van der Waals surface area contributed by atoms with Crippen molar-refractivity contribution in [3.05, 3.63) is 81.9 Å². The van der Waals surface area contributed by atoms with Crippen LogP contribution in [0, 0.1) is 20.8 Å². The predicted octanol–water partition coefficient (Wildman–Crippen LogP) is 5.11. The van der Waals surface area contributed by atoms with Crippen LogP contribution in [0.25, 0.3) is 0 Å². The molecule has 1 amide bonds. The van der Waals surface area contributed by atoms with Gasteiger partial charge < -0.3 is 14.8 Å². The van der Waals surface area contributed by atoms with Gasteiger partial charge in [-0.05, 0) is 92.4 Å². The second-order valence-electron chi connectivity index (χ2n) is 8.95. The van der Waals surface area contributed by atoms with Crippen LogP contribution in [0.5, 0.6) is 11.5 Å². The molecule has 1 aliphatic heterocycles. The van der Waals surface area contributed by atoms with E-state index in [4.69, 9.17) is 21.1 Å². The number of nitrogens with zero attached hydrogens (tertiary/aromatic N) is 1. The molecule has 0 saturated heterocycles. The van der Waals surface area contributed by atoms with Crippen molar-refractivity contribution in [3.8, 4) is 11.5 Å². The van der Waals surface area contributed by atoms with E-state index in [0.717, 1.165) is 16.7 Å². The molecule has 0 saturated carbocycles. The summed E-state index contributed by atoms with van der Waals surface area (Å²) in [4.78, 5) is 13.4. The zero-order valence-electron chi connectivity index (χ0n) is 20.8. The molecule has 9 heteroatoms. The minimum Gasteiger partial charge on any atom is -0.497 e. The predicted molar refractivity (Wildman–Crippen MR) is 141 cm³/mol. The lowest BCUT2D eigenvalue weighted by atomic mass is 9.96. The maximum Gasteiger partial charge on any atom is 0.264 e. The summed E-state index contributed by atoms with van der Waals surface area (Å²) in [6.07, 6.45) is -1.05. The molecule has 3 aromatic rings. The zero-order chi connectivity index (χ0) is 26.2. The van der Waals surface area contributed by atoms with E-state index in [9.17, 15) is 13.2 Å². The molecule has 2 atom stereocenters. The third-order valence-corrected chi connectivity index (χ3v) is 8.47. The lowest BCUT2D eigenvalue weighted by Gasteiger charge is -2.35. The Labute approximate surface area is 217 Å². The molecule has 0 unspecified atom stereocenters. The summed E-state index contributed by atoms with van der Waals surface area (Å²) in [5.41, 5.74) is 4.66. The van der Waals surface area contributed by atoms with Gasteiger partial charge in [0.2, 0.25) is 0 Å². The first-order valence-electron chi connectivity index (χ1n) is 11.5. The van der Waals surface area contributed by atoms with Crippen molar-refractivity contribution < 1.29 is 22.7 Å². The minimum atomic E-state index is -4.02. The molecule has 0 bridgehead atoms. The van der Waals surface area contributed by atoms with E-state index in [2.05, 4.69) is 17.4 Å². The molecule has 4 rings (SSSR count). The SMILES string of the molecule is COc1ccc(S(=O)(=O)N2C[C@@H](C(=O)N[C@H](C)c3cc(C)c(C)cc3C)Oc3ccc(Cl)cc32)cc1. The van der Waals surface area contributed by atoms with E-state index in [1.165, 1.54) is 35.2 Å². The first-order valence-corrected chi connectivity index (χ1v) is 13.3. The number of benzene rings is 3. The van der Waals surface area contributed by atoms with Crippen molar-refractivity contribution in [2.45, 2.75) is 44.7 Å². The number of ether oxygens (including phenoxy) is 2. The highest BCUT2D eigenvalue weighted by Crippen LogP contribution is 2.39. The van der Waals surface area contributed by atoms with Crippen molar-refractivity contribution in [2.75, 3.05) is 18.0 Å². The summed E-state index contributed by atoms with van der Waals surface area (Å²) in [6.45, 7) is 7.78. The molecule has 0 spiro atoms. The fourth-order valence-electron chi connectivity index (χ4n) is 4.30. The number of hydrogen-bond acceptors (Lipinski definition) is 5. The van der Waals surface area contributed by atoms with Gasteiger partial charge in [-0.2, -0.15) is 0 Å². The number of aryl methyl sites for hydroxylation is 3. The molecule has 1 heterocycles. The molecule has 0 aliphatic carbocycles. The molecule has 3 aromatic carbocycles. The van der Waals surface area contributed by atoms with E-state index < -0.39 is 22.0 Å². The summed E-state index contributed by atoms with van der Waals surface area (Å²) in [7, 11) is -2.51. The van der Waals surface area contributed by atoms with E-state index in [1.807, 2.05) is 27.7 Å². The Morgan fingerprint density at radius 3 is 2.39 bits per heavy atom. The zero-order valence-corrected chi connectivity index (χ0v) is 22.4. The standard InChI is InChI=1S/C27H29ClN2O5S/c1-16-12-18(3)23(13-17(16)2)19(4)29-27(31)26-15-30(24-14-20(28)6-11-25(24)35-26)36(32,33)22-9-7-21(34-5)8-10-22/h6-14,19,26H,15H2,1-5H3,(H,29,31)/t19-,26+/m1/s1. The van der Waals surface area contributed by atoms with Crippen LogP contribution in [0.15, 0.2) is 59.5 Å². The van der Waals surface area contributed by atoms with Crippen molar-refractivity contribution in [1.82, 2.24) is 5.32 Å². The highest BCUT2D eigenvalue weighted by atomic mass is 35.5. The molecule has 0 aromatic heterocycles. The van der Waals surface area contributed by atoms with Crippen molar-refractivity contribution in [3.63, 3.8) is 0 Å². The number of anilines is 1. The maximum absolute atomic E-state index is 13.6. The van der Waals surface area contributed by atoms with Gasteiger partial charge in [0.15, 0.2) is 6.10 Å². The Hall–Kier alpha value is -3.23. The second-order valence-corrected chi connectivity index (χ2v) is 11.3. The molecule has 0 fully saturated rings. The number of carbonyl (C=O) groups excluding carboxylic acids is 1. The lowest BCUT2D eigenvalue weighted by molar-refractivity contribution is -0.128. The van der Waals surface area contributed by atoms with Crippen molar-refractivity contribution in [2.24, 2.45) is 0 Å². The largest absolute Gasteiger partial charge is 0.497 e. The summed E-state index contributed by atoms with van der Waals surface area (Å²) >= 11 is 6.18.